The Hall–Kier alpha value is -3.85. The number of rotatable bonds is 9. The molecule has 0 aliphatic heterocycles. The molecule has 34 heavy (non-hydrogen) atoms. The molecule has 2 N–H and O–H groups in total. The molecule has 4 aromatic rings. The van der Waals surface area contributed by atoms with Crippen LogP contribution in [0.1, 0.15) is 19.8 Å². The molecule has 0 bridgehead atoms. The van der Waals surface area contributed by atoms with Crippen molar-refractivity contribution in [2.45, 2.75) is 37.8 Å². The predicted molar refractivity (Wildman–Crippen MR) is 133 cm³/mol. The standard InChI is InChI=1S/C25H26N4O4S/c1-2-17-28-22-14-8-9-15-23(22)29(25(28)31)18-16-24(30)26-20-12-6-7-13-21(20)27-34(32,33)19-10-4-3-5-11-19/h3-15,27H,2,16-18H2,1H3,(H,26,30). The molecular weight excluding hydrogens is 452 g/mol. The number of nitrogens with zero attached hydrogens (tertiary/aromatic N) is 2. The smallest absolute Gasteiger partial charge is 0.324 e. The fraction of sp³-hybridized carbons (Fsp3) is 0.200. The molecule has 0 saturated carbocycles. The zero-order chi connectivity index (χ0) is 24.1. The summed E-state index contributed by atoms with van der Waals surface area (Å²) in [6.07, 6.45) is 0.879. The van der Waals surface area contributed by atoms with E-state index in [1.54, 1.807) is 51.6 Å². The molecule has 0 unspecified atom stereocenters. The van der Waals surface area contributed by atoms with Crippen LogP contribution >= 0.6 is 0 Å². The van der Waals surface area contributed by atoms with Crippen LogP contribution in [0, 0.1) is 0 Å². The fourth-order valence-corrected chi connectivity index (χ4v) is 4.94. The molecule has 3 aromatic carbocycles. The summed E-state index contributed by atoms with van der Waals surface area (Å²) in [5, 5.41) is 2.77. The van der Waals surface area contributed by atoms with E-state index in [-0.39, 0.29) is 35.1 Å². The molecule has 1 heterocycles. The zero-order valence-corrected chi connectivity index (χ0v) is 19.6. The Morgan fingerprint density at radius 2 is 1.35 bits per heavy atom. The molecule has 1 amide bonds. The van der Waals surface area contributed by atoms with E-state index in [0.717, 1.165) is 17.5 Å². The highest BCUT2D eigenvalue weighted by atomic mass is 32.2. The molecule has 0 fully saturated rings. The minimum atomic E-state index is -3.81. The van der Waals surface area contributed by atoms with Crippen molar-refractivity contribution < 1.29 is 13.2 Å². The summed E-state index contributed by atoms with van der Waals surface area (Å²) in [4.78, 5) is 25.8. The number of carbonyl (C=O) groups is 1. The van der Waals surface area contributed by atoms with Gasteiger partial charge < -0.3 is 5.32 Å². The molecule has 0 spiro atoms. The summed E-state index contributed by atoms with van der Waals surface area (Å²) in [5.74, 6) is -0.328. The number of aromatic nitrogens is 2. The zero-order valence-electron chi connectivity index (χ0n) is 18.8. The van der Waals surface area contributed by atoms with Crippen molar-refractivity contribution in [2.75, 3.05) is 10.0 Å². The first kappa shape index (κ1) is 23.3. The average Bonchev–Trinajstić information content (AvgIpc) is 3.10. The predicted octanol–water partition coefficient (Wildman–Crippen LogP) is 4.04. The Bertz CT molecular complexity index is 1470. The lowest BCUT2D eigenvalue weighted by Crippen LogP contribution is -2.26. The van der Waals surface area contributed by atoms with Gasteiger partial charge in [0, 0.05) is 19.5 Å². The number of para-hydroxylation sites is 4. The number of fused-ring (bicyclic) bond motifs is 1. The number of imidazole rings is 1. The van der Waals surface area contributed by atoms with Gasteiger partial charge in [-0.05, 0) is 42.8 Å². The number of benzene rings is 3. The molecule has 8 nitrogen and oxygen atoms in total. The molecule has 0 saturated heterocycles. The third-order valence-electron chi connectivity index (χ3n) is 5.43. The quantitative estimate of drug-likeness (QED) is 0.379. The van der Waals surface area contributed by atoms with Gasteiger partial charge in [0.15, 0.2) is 0 Å². The number of nitrogens with one attached hydrogen (secondary N) is 2. The summed E-state index contributed by atoms with van der Waals surface area (Å²) < 4.78 is 31.3. The topological polar surface area (TPSA) is 102 Å². The van der Waals surface area contributed by atoms with Gasteiger partial charge in [0.2, 0.25) is 5.91 Å². The van der Waals surface area contributed by atoms with Crippen molar-refractivity contribution in [2.24, 2.45) is 0 Å². The van der Waals surface area contributed by atoms with E-state index < -0.39 is 10.0 Å². The molecular formula is C25H26N4O4S. The van der Waals surface area contributed by atoms with E-state index in [0.29, 0.717) is 12.2 Å². The Kier molecular flexibility index (Phi) is 6.83. The maximum Gasteiger partial charge on any atom is 0.329 e. The minimum Gasteiger partial charge on any atom is -0.324 e. The van der Waals surface area contributed by atoms with Crippen molar-refractivity contribution in [1.82, 2.24) is 9.13 Å². The first-order chi connectivity index (χ1) is 16.4. The van der Waals surface area contributed by atoms with Gasteiger partial charge >= 0.3 is 5.69 Å². The maximum absolute atomic E-state index is 12.9. The highest BCUT2D eigenvalue weighted by Gasteiger charge is 2.17. The van der Waals surface area contributed by atoms with Crippen LogP contribution in [0.5, 0.6) is 0 Å². The van der Waals surface area contributed by atoms with Crippen molar-refractivity contribution >= 4 is 38.3 Å². The van der Waals surface area contributed by atoms with Crippen molar-refractivity contribution in [3.05, 3.63) is 89.3 Å². The molecule has 1 aromatic heterocycles. The van der Waals surface area contributed by atoms with Gasteiger partial charge in [0.1, 0.15) is 0 Å². The van der Waals surface area contributed by atoms with Crippen LogP contribution in [-0.2, 0) is 27.9 Å². The number of amides is 1. The number of carbonyl (C=O) groups excluding carboxylic acids is 1. The van der Waals surface area contributed by atoms with E-state index in [9.17, 15) is 18.0 Å². The van der Waals surface area contributed by atoms with Crippen LogP contribution in [0.3, 0.4) is 0 Å². The van der Waals surface area contributed by atoms with Crippen LogP contribution in [0.15, 0.2) is 88.6 Å². The second-order valence-electron chi connectivity index (χ2n) is 7.84. The molecule has 176 valence electrons. The van der Waals surface area contributed by atoms with Crippen LogP contribution in [-0.4, -0.2) is 23.5 Å². The van der Waals surface area contributed by atoms with Gasteiger partial charge in [-0.2, -0.15) is 0 Å². The van der Waals surface area contributed by atoms with Crippen molar-refractivity contribution in [3.63, 3.8) is 0 Å². The lowest BCUT2D eigenvalue weighted by atomic mass is 10.2. The first-order valence-electron chi connectivity index (χ1n) is 11.1. The lowest BCUT2D eigenvalue weighted by molar-refractivity contribution is -0.116. The van der Waals surface area contributed by atoms with Crippen molar-refractivity contribution in [1.29, 1.82) is 0 Å². The van der Waals surface area contributed by atoms with Gasteiger partial charge in [-0.3, -0.25) is 18.7 Å². The van der Waals surface area contributed by atoms with E-state index in [1.807, 2.05) is 31.2 Å². The summed E-state index contributed by atoms with van der Waals surface area (Å²) >= 11 is 0. The maximum atomic E-state index is 12.9. The number of hydrogen-bond acceptors (Lipinski definition) is 4. The monoisotopic (exact) mass is 478 g/mol. The molecule has 0 atom stereocenters. The summed E-state index contributed by atoms with van der Waals surface area (Å²) in [6.45, 7) is 2.82. The lowest BCUT2D eigenvalue weighted by Gasteiger charge is -2.13. The highest BCUT2D eigenvalue weighted by Crippen LogP contribution is 2.24. The number of sulfonamides is 1. The molecule has 0 aliphatic carbocycles. The van der Waals surface area contributed by atoms with Crippen LogP contribution in [0.2, 0.25) is 0 Å². The van der Waals surface area contributed by atoms with Crippen LogP contribution in [0.25, 0.3) is 11.0 Å². The van der Waals surface area contributed by atoms with E-state index in [1.165, 1.54) is 12.1 Å². The second kappa shape index (κ2) is 9.96. The van der Waals surface area contributed by atoms with Crippen molar-refractivity contribution in [3.8, 4) is 0 Å². The summed E-state index contributed by atoms with van der Waals surface area (Å²) in [7, 11) is -3.81. The number of aryl methyl sites for hydroxylation is 2. The summed E-state index contributed by atoms with van der Waals surface area (Å²) in [5.41, 5.74) is 2.08. The Labute approximate surface area is 197 Å². The molecule has 9 heteroatoms. The summed E-state index contributed by atoms with van der Waals surface area (Å²) in [6, 6.07) is 22.1. The van der Waals surface area contributed by atoms with E-state index >= 15 is 0 Å². The largest absolute Gasteiger partial charge is 0.329 e. The van der Waals surface area contributed by atoms with Gasteiger partial charge in [0.05, 0.1) is 27.3 Å². The fourth-order valence-electron chi connectivity index (χ4n) is 3.84. The van der Waals surface area contributed by atoms with E-state index in [2.05, 4.69) is 10.0 Å². The van der Waals surface area contributed by atoms with Crippen LogP contribution < -0.4 is 15.7 Å². The van der Waals surface area contributed by atoms with Gasteiger partial charge in [-0.15, -0.1) is 0 Å². The normalized spacial score (nSPS) is 11.4. The highest BCUT2D eigenvalue weighted by molar-refractivity contribution is 7.92. The molecule has 0 aliphatic rings. The Morgan fingerprint density at radius 3 is 2.00 bits per heavy atom. The first-order valence-corrected chi connectivity index (χ1v) is 12.5. The van der Waals surface area contributed by atoms with Crippen LogP contribution in [0.4, 0.5) is 11.4 Å². The molecule has 4 rings (SSSR count). The second-order valence-corrected chi connectivity index (χ2v) is 9.52. The van der Waals surface area contributed by atoms with Gasteiger partial charge in [-0.1, -0.05) is 49.4 Å². The van der Waals surface area contributed by atoms with Gasteiger partial charge in [0.25, 0.3) is 10.0 Å². The third kappa shape index (κ3) is 4.89. The SMILES string of the molecule is CCCn1c(=O)n(CCC(=O)Nc2ccccc2NS(=O)(=O)c2ccccc2)c2ccccc21. The number of anilines is 2. The number of hydrogen-bond donors (Lipinski definition) is 2. The average molecular weight is 479 g/mol. The molecule has 0 radical (unpaired) electrons. The Morgan fingerprint density at radius 1 is 0.794 bits per heavy atom. The third-order valence-corrected chi connectivity index (χ3v) is 6.82. The minimum absolute atomic E-state index is 0.0554. The Balaban J connectivity index is 1.50. The van der Waals surface area contributed by atoms with Gasteiger partial charge in [-0.25, -0.2) is 13.2 Å². The van der Waals surface area contributed by atoms with E-state index in [4.69, 9.17) is 0 Å².